The SMILES string of the molecule is CC1(C)CCC(=O)CC/C1=C\C=C\c1ccccc1. The Kier molecular flexibility index (Phi) is 4.36. The van der Waals surface area contributed by atoms with E-state index in [4.69, 9.17) is 0 Å². The highest BCUT2D eigenvalue weighted by Gasteiger charge is 2.27. The van der Waals surface area contributed by atoms with Crippen molar-refractivity contribution in [3.8, 4) is 0 Å². The molecule has 0 N–H and O–H groups in total. The van der Waals surface area contributed by atoms with Crippen molar-refractivity contribution in [3.05, 3.63) is 53.6 Å². The van der Waals surface area contributed by atoms with Crippen molar-refractivity contribution < 1.29 is 4.79 Å². The van der Waals surface area contributed by atoms with Crippen LogP contribution in [0.2, 0.25) is 0 Å². The standard InChI is InChI=1S/C18H22O/c1-18(2)14-13-17(19)12-11-16(18)10-6-9-15-7-4-3-5-8-15/h3-10H,11-14H2,1-2H3/b9-6+,16-10+. The number of ketones is 1. The topological polar surface area (TPSA) is 17.1 Å². The Bertz CT molecular complexity index is 492. The third-order valence-corrected chi connectivity index (χ3v) is 3.96. The molecular formula is C18H22O. The highest BCUT2D eigenvalue weighted by atomic mass is 16.1. The lowest BCUT2D eigenvalue weighted by Crippen LogP contribution is -2.13. The second-order valence-electron chi connectivity index (χ2n) is 5.88. The van der Waals surface area contributed by atoms with Crippen LogP contribution in [-0.4, -0.2) is 5.78 Å². The van der Waals surface area contributed by atoms with Crippen LogP contribution in [0.25, 0.3) is 6.08 Å². The van der Waals surface area contributed by atoms with Gasteiger partial charge in [0.05, 0.1) is 0 Å². The van der Waals surface area contributed by atoms with Gasteiger partial charge in [0.2, 0.25) is 0 Å². The van der Waals surface area contributed by atoms with Crippen molar-refractivity contribution in [3.63, 3.8) is 0 Å². The molecule has 1 saturated carbocycles. The summed E-state index contributed by atoms with van der Waals surface area (Å²) in [6.07, 6.45) is 9.74. The molecule has 1 aromatic rings. The molecule has 1 fully saturated rings. The minimum absolute atomic E-state index is 0.146. The quantitative estimate of drug-likeness (QED) is 0.693. The molecule has 1 heteroatoms. The van der Waals surface area contributed by atoms with E-state index in [1.54, 1.807) is 0 Å². The summed E-state index contributed by atoms with van der Waals surface area (Å²) in [5.41, 5.74) is 2.75. The van der Waals surface area contributed by atoms with Gasteiger partial charge in [-0.15, -0.1) is 0 Å². The number of allylic oxidation sites excluding steroid dienone is 3. The molecule has 0 heterocycles. The Balaban J connectivity index is 2.12. The molecule has 2 rings (SSSR count). The van der Waals surface area contributed by atoms with Crippen molar-refractivity contribution in [2.75, 3.05) is 0 Å². The fourth-order valence-corrected chi connectivity index (χ4v) is 2.50. The second-order valence-corrected chi connectivity index (χ2v) is 5.88. The Morgan fingerprint density at radius 2 is 1.79 bits per heavy atom. The predicted octanol–water partition coefficient (Wildman–Crippen LogP) is 4.80. The monoisotopic (exact) mass is 254 g/mol. The van der Waals surface area contributed by atoms with E-state index in [-0.39, 0.29) is 5.41 Å². The maximum absolute atomic E-state index is 11.6. The summed E-state index contributed by atoms with van der Waals surface area (Å²) < 4.78 is 0. The van der Waals surface area contributed by atoms with Crippen LogP contribution < -0.4 is 0 Å². The highest BCUT2D eigenvalue weighted by Crippen LogP contribution is 2.37. The molecular weight excluding hydrogens is 232 g/mol. The van der Waals surface area contributed by atoms with Crippen LogP contribution >= 0.6 is 0 Å². The van der Waals surface area contributed by atoms with Gasteiger partial charge in [-0.3, -0.25) is 4.79 Å². The van der Waals surface area contributed by atoms with Crippen molar-refractivity contribution in [1.82, 2.24) is 0 Å². The summed E-state index contributed by atoms with van der Waals surface area (Å²) in [6, 6.07) is 10.3. The predicted molar refractivity (Wildman–Crippen MR) is 80.8 cm³/mol. The molecule has 0 spiro atoms. The minimum Gasteiger partial charge on any atom is -0.300 e. The summed E-state index contributed by atoms with van der Waals surface area (Å²) in [7, 11) is 0. The Labute approximate surface area is 116 Å². The van der Waals surface area contributed by atoms with Crippen molar-refractivity contribution >= 4 is 11.9 Å². The molecule has 19 heavy (non-hydrogen) atoms. The van der Waals surface area contributed by atoms with E-state index in [9.17, 15) is 4.79 Å². The van der Waals surface area contributed by atoms with E-state index >= 15 is 0 Å². The fourth-order valence-electron chi connectivity index (χ4n) is 2.50. The lowest BCUT2D eigenvalue weighted by Gasteiger charge is -2.25. The number of hydrogen-bond acceptors (Lipinski definition) is 1. The molecule has 1 aliphatic carbocycles. The van der Waals surface area contributed by atoms with Gasteiger partial charge in [-0.25, -0.2) is 0 Å². The first-order valence-corrected chi connectivity index (χ1v) is 7.02. The smallest absolute Gasteiger partial charge is 0.133 e. The molecule has 0 unspecified atom stereocenters. The van der Waals surface area contributed by atoms with E-state index in [0.29, 0.717) is 12.2 Å². The molecule has 0 atom stereocenters. The third kappa shape index (κ3) is 3.92. The van der Waals surface area contributed by atoms with E-state index < -0.39 is 0 Å². The summed E-state index contributed by atoms with van der Waals surface area (Å²) in [5, 5.41) is 0. The average molecular weight is 254 g/mol. The molecule has 0 saturated heterocycles. The van der Waals surface area contributed by atoms with Crippen LogP contribution in [0.1, 0.15) is 45.1 Å². The Morgan fingerprint density at radius 1 is 1.05 bits per heavy atom. The zero-order chi connectivity index (χ0) is 13.7. The normalized spacial score (nSPS) is 21.8. The molecule has 0 aromatic heterocycles. The number of carbonyl (C=O) groups is 1. The summed E-state index contributed by atoms with van der Waals surface area (Å²) in [5.74, 6) is 0.406. The first kappa shape index (κ1) is 13.8. The van der Waals surface area contributed by atoms with Gasteiger partial charge in [0.25, 0.3) is 0 Å². The van der Waals surface area contributed by atoms with E-state index in [1.165, 1.54) is 11.1 Å². The molecule has 0 radical (unpaired) electrons. The molecule has 0 aliphatic heterocycles. The fraction of sp³-hybridized carbons (Fsp3) is 0.389. The van der Waals surface area contributed by atoms with E-state index in [0.717, 1.165) is 19.3 Å². The van der Waals surface area contributed by atoms with Gasteiger partial charge in [-0.1, -0.05) is 68.0 Å². The zero-order valence-electron chi connectivity index (χ0n) is 11.9. The van der Waals surface area contributed by atoms with Gasteiger partial charge in [0.15, 0.2) is 0 Å². The van der Waals surface area contributed by atoms with E-state index in [2.05, 4.69) is 44.2 Å². The van der Waals surface area contributed by atoms with Gasteiger partial charge < -0.3 is 0 Å². The second kappa shape index (κ2) is 6.01. The van der Waals surface area contributed by atoms with Crippen molar-refractivity contribution in [1.29, 1.82) is 0 Å². The number of rotatable bonds is 2. The minimum atomic E-state index is 0.146. The lowest BCUT2D eigenvalue weighted by atomic mass is 9.80. The van der Waals surface area contributed by atoms with Crippen LogP contribution in [0.5, 0.6) is 0 Å². The first-order valence-electron chi connectivity index (χ1n) is 7.02. The molecule has 1 aliphatic rings. The van der Waals surface area contributed by atoms with Gasteiger partial charge >= 0.3 is 0 Å². The van der Waals surface area contributed by atoms with Crippen LogP contribution in [0.3, 0.4) is 0 Å². The number of carbonyl (C=O) groups excluding carboxylic acids is 1. The number of hydrogen-bond donors (Lipinski definition) is 0. The van der Waals surface area contributed by atoms with Crippen LogP contribution in [-0.2, 0) is 4.79 Å². The summed E-state index contributed by atoms with van der Waals surface area (Å²) in [4.78, 5) is 11.6. The first-order chi connectivity index (χ1) is 9.08. The van der Waals surface area contributed by atoms with Gasteiger partial charge in [0.1, 0.15) is 5.78 Å². The van der Waals surface area contributed by atoms with Gasteiger partial charge in [0, 0.05) is 12.8 Å². The third-order valence-electron chi connectivity index (χ3n) is 3.96. The molecule has 100 valence electrons. The van der Waals surface area contributed by atoms with Gasteiger partial charge in [-0.2, -0.15) is 0 Å². The maximum atomic E-state index is 11.6. The maximum Gasteiger partial charge on any atom is 0.133 e. The Hall–Kier alpha value is -1.63. The van der Waals surface area contributed by atoms with Crippen molar-refractivity contribution in [2.24, 2.45) is 5.41 Å². The van der Waals surface area contributed by atoms with E-state index in [1.807, 2.05) is 18.2 Å². The van der Waals surface area contributed by atoms with Crippen LogP contribution in [0.15, 0.2) is 48.1 Å². The highest BCUT2D eigenvalue weighted by molar-refractivity contribution is 5.79. The lowest BCUT2D eigenvalue weighted by molar-refractivity contribution is -0.119. The summed E-state index contributed by atoms with van der Waals surface area (Å²) in [6.45, 7) is 4.49. The molecule has 1 nitrogen and oxygen atoms in total. The molecule has 0 bridgehead atoms. The van der Waals surface area contributed by atoms with Gasteiger partial charge in [-0.05, 0) is 23.8 Å². The summed E-state index contributed by atoms with van der Waals surface area (Å²) >= 11 is 0. The number of benzene rings is 1. The number of Topliss-reactive ketones (excluding diaryl/α,β-unsaturated/α-hetero) is 1. The average Bonchev–Trinajstić information content (AvgIpc) is 2.52. The molecule has 0 amide bonds. The van der Waals surface area contributed by atoms with Crippen LogP contribution in [0, 0.1) is 5.41 Å². The van der Waals surface area contributed by atoms with Crippen molar-refractivity contribution in [2.45, 2.75) is 39.5 Å². The van der Waals surface area contributed by atoms with Crippen LogP contribution in [0.4, 0.5) is 0 Å². The molecule has 1 aromatic carbocycles. The Morgan fingerprint density at radius 3 is 2.53 bits per heavy atom. The zero-order valence-corrected chi connectivity index (χ0v) is 11.9. The largest absolute Gasteiger partial charge is 0.300 e.